The Morgan fingerprint density at radius 3 is 2.88 bits per heavy atom. The fraction of sp³-hybridized carbons (Fsp3) is 0.545. The molecule has 1 atom stereocenters. The lowest BCUT2D eigenvalue weighted by atomic mass is 10.0. The molecule has 5 nitrogen and oxygen atoms in total. The van der Waals surface area contributed by atoms with Gasteiger partial charge in [-0.05, 0) is 18.4 Å². The molecule has 0 aliphatic heterocycles. The van der Waals surface area contributed by atoms with Gasteiger partial charge in [0, 0.05) is 6.20 Å². The molecule has 1 amide bonds. The molecule has 0 unspecified atom stereocenters. The molecule has 1 aromatic rings. The summed E-state index contributed by atoms with van der Waals surface area (Å²) in [5.74, 6) is 0.284. The van der Waals surface area contributed by atoms with E-state index in [-0.39, 0.29) is 5.91 Å². The second-order valence-corrected chi connectivity index (χ2v) is 4.15. The van der Waals surface area contributed by atoms with Crippen molar-refractivity contribution in [2.24, 2.45) is 11.7 Å². The van der Waals surface area contributed by atoms with Crippen molar-refractivity contribution in [3.05, 3.63) is 24.3 Å². The number of nitrogens with zero attached hydrogens (tertiary/aromatic N) is 2. The minimum atomic E-state index is -0.443. The average Bonchev–Trinajstić information content (AvgIpc) is 2.26. The normalized spacial score (nSPS) is 12.5. The summed E-state index contributed by atoms with van der Waals surface area (Å²) in [7, 11) is 0. The molecule has 1 heterocycles. The highest BCUT2D eigenvalue weighted by molar-refractivity contribution is 5.81. The highest BCUT2D eigenvalue weighted by atomic mass is 16.2. The van der Waals surface area contributed by atoms with Crippen LogP contribution in [0, 0.1) is 5.92 Å². The Labute approximate surface area is 95.5 Å². The van der Waals surface area contributed by atoms with Crippen LogP contribution >= 0.6 is 0 Å². The number of nitrogens with one attached hydrogen (secondary N) is 1. The first kappa shape index (κ1) is 12.6. The highest BCUT2D eigenvalue weighted by Crippen LogP contribution is 2.02. The SMILES string of the molecule is CC(C)C[C@@H](N)C(=O)NCc1ccncn1. The summed E-state index contributed by atoms with van der Waals surface area (Å²) in [4.78, 5) is 19.4. The molecule has 3 N–H and O–H groups in total. The minimum Gasteiger partial charge on any atom is -0.349 e. The van der Waals surface area contributed by atoms with Crippen LogP contribution in [0.5, 0.6) is 0 Å². The Bertz CT molecular complexity index is 326. The second kappa shape index (κ2) is 6.17. The third-order valence-corrected chi connectivity index (χ3v) is 2.15. The van der Waals surface area contributed by atoms with E-state index in [1.54, 1.807) is 12.3 Å². The van der Waals surface area contributed by atoms with Crippen molar-refractivity contribution < 1.29 is 4.79 Å². The van der Waals surface area contributed by atoms with Crippen molar-refractivity contribution in [1.29, 1.82) is 0 Å². The summed E-state index contributed by atoms with van der Waals surface area (Å²) in [5.41, 5.74) is 6.52. The Hall–Kier alpha value is -1.49. The third kappa shape index (κ3) is 4.35. The van der Waals surface area contributed by atoms with Crippen LogP contribution in [0.1, 0.15) is 26.0 Å². The molecule has 16 heavy (non-hydrogen) atoms. The van der Waals surface area contributed by atoms with Gasteiger partial charge >= 0.3 is 0 Å². The van der Waals surface area contributed by atoms with Gasteiger partial charge in [0.15, 0.2) is 0 Å². The van der Waals surface area contributed by atoms with E-state index in [1.807, 2.05) is 13.8 Å². The van der Waals surface area contributed by atoms with Gasteiger partial charge in [0.1, 0.15) is 6.33 Å². The Kier molecular flexibility index (Phi) is 4.85. The molecule has 0 saturated heterocycles. The van der Waals surface area contributed by atoms with Gasteiger partial charge in [-0.2, -0.15) is 0 Å². The standard InChI is InChI=1S/C11H18N4O/c1-8(2)5-10(12)11(16)14-6-9-3-4-13-7-15-9/h3-4,7-8,10H,5-6,12H2,1-2H3,(H,14,16)/t10-/m1/s1. The number of aromatic nitrogens is 2. The van der Waals surface area contributed by atoms with E-state index in [2.05, 4.69) is 15.3 Å². The van der Waals surface area contributed by atoms with Gasteiger partial charge in [-0.15, -0.1) is 0 Å². The minimum absolute atomic E-state index is 0.132. The second-order valence-electron chi connectivity index (χ2n) is 4.15. The van der Waals surface area contributed by atoms with Gasteiger partial charge < -0.3 is 11.1 Å². The largest absolute Gasteiger partial charge is 0.349 e. The first-order valence-electron chi connectivity index (χ1n) is 5.37. The lowest BCUT2D eigenvalue weighted by molar-refractivity contribution is -0.122. The van der Waals surface area contributed by atoms with Crippen LogP contribution in [-0.4, -0.2) is 21.9 Å². The fourth-order valence-corrected chi connectivity index (χ4v) is 1.35. The number of hydrogen-bond donors (Lipinski definition) is 2. The number of hydrogen-bond acceptors (Lipinski definition) is 4. The van der Waals surface area contributed by atoms with E-state index in [4.69, 9.17) is 5.73 Å². The monoisotopic (exact) mass is 222 g/mol. The molecule has 0 fully saturated rings. The maximum Gasteiger partial charge on any atom is 0.237 e. The molecular formula is C11H18N4O. The smallest absolute Gasteiger partial charge is 0.237 e. The van der Waals surface area contributed by atoms with Crippen molar-refractivity contribution in [3.8, 4) is 0 Å². The van der Waals surface area contributed by atoms with Crippen LogP contribution in [0.2, 0.25) is 0 Å². The predicted octanol–water partition coefficient (Wildman–Crippen LogP) is 0.466. The van der Waals surface area contributed by atoms with Crippen LogP contribution in [0.3, 0.4) is 0 Å². The first-order chi connectivity index (χ1) is 7.59. The first-order valence-corrected chi connectivity index (χ1v) is 5.37. The zero-order chi connectivity index (χ0) is 12.0. The molecule has 0 radical (unpaired) electrons. The van der Waals surface area contributed by atoms with Crippen LogP contribution in [0.25, 0.3) is 0 Å². The maximum absolute atomic E-state index is 11.6. The van der Waals surface area contributed by atoms with Crippen molar-refractivity contribution in [3.63, 3.8) is 0 Å². The maximum atomic E-state index is 11.6. The molecule has 0 aliphatic carbocycles. The molecule has 1 rings (SSSR count). The molecule has 88 valence electrons. The Morgan fingerprint density at radius 2 is 2.31 bits per heavy atom. The molecule has 0 aromatic carbocycles. The van der Waals surface area contributed by atoms with Crippen molar-refractivity contribution in [1.82, 2.24) is 15.3 Å². The van der Waals surface area contributed by atoms with Gasteiger partial charge in [-0.1, -0.05) is 13.8 Å². The van der Waals surface area contributed by atoms with E-state index in [0.717, 1.165) is 5.69 Å². The van der Waals surface area contributed by atoms with Gasteiger partial charge in [0.25, 0.3) is 0 Å². The number of carbonyl (C=O) groups excluding carboxylic acids is 1. The van der Waals surface area contributed by atoms with E-state index >= 15 is 0 Å². The van der Waals surface area contributed by atoms with E-state index in [0.29, 0.717) is 18.9 Å². The van der Waals surface area contributed by atoms with Crippen molar-refractivity contribution >= 4 is 5.91 Å². The van der Waals surface area contributed by atoms with Gasteiger partial charge in [-0.3, -0.25) is 4.79 Å². The summed E-state index contributed by atoms with van der Waals surface area (Å²) < 4.78 is 0. The van der Waals surface area contributed by atoms with Crippen LogP contribution < -0.4 is 11.1 Å². The van der Waals surface area contributed by atoms with E-state index in [9.17, 15) is 4.79 Å². The van der Waals surface area contributed by atoms with E-state index < -0.39 is 6.04 Å². The van der Waals surface area contributed by atoms with Gasteiger partial charge in [0.2, 0.25) is 5.91 Å². The summed E-state index contributed by atoms with van der Waals surface area (Å²) in [6.07, 6.45) is 3.79. The van der Waals surface area contributed by atoms with Gasteiger partial charge in [0.05, 0.1) is 18.3 Å². The molecular weight excluding hydrogens is 204 g/mol. The van der Waals surface area contributed by atoms with Crippen LogP contribution in [0.15, 0.2) is 18.6 Å². The Balaban J connectivity index is 2.35. The molecule has 5 heteroatoms. The van der Waals surface area contributed by atoms with Crippen molar-refractivity contribution in [2.45, 2.75) is 32.9 Å². The van der Waals surface area contributed by atoms with Crippen LogP contribution in [0.4, 0.5) is 0 Å². The van der Waals surface area contributed by atoms with E-state index in [1.165, 1.54) is 6.33 Å². The summed E-state index contributed by atoms with van der Waals surface area (Å²) in [6.45, 7) is 4.47. The predicted molar refractivity (Wildman–Crippen MR) is 61.3 cm³/mol. The summed E-state index contributed by atoms with van der Waals surface area (Å²) in [5, 5.41) is 2.75. The lowest BCUT2D eigenvalue weighted by Gasteiger charge is -2.13. The topological polar surface area (TPSA) is 80.9 Å². The molecule has 0 saturated carbocycles. The number of carbonyl (C=O) groups is 1. The highest BCUT2D eigenvalue weighted by Gasteiger charge is 2.14. The Morgan fingerprint density at radius 1 is 1.56 bits per heavy atom. The van der Waals surface area contributed by atoms with Gasteiger partial charge in [-0.25, -0.2) is 9.97 Å². The number of rotatable bonds is 5. The zero-order valence-electron chi connectivity index (χ0n) is 9.68. The van der Waals surface area contributed by atoms with Crippen LogP contribution in [-0.2, 0) is 11.3 Å². The number of nitrogens with two attached hydrogens (primary N) is 1. The quantitative estimate of drug-likeness (QED) is 0.758. The molecule has 0 bridgehead atoms. The molecule has 0 aliphatic rings. The zero-order valence-corrected chi connectivity index (χ0v) is 9.68. The third-order valence-electron chi connectivity index (χ3n) is 2.15. The fourth-order valence-electron chi connectivity index (χ4n) is 1.35. The van der Waals surface area contributed by atoms with Crippen molar-refractivity contribution in [2.75, 3.05) is 0 Å². The molecule has 1 aromatic heterocycles. The average molecular weight is 222 g/mol. The number of amides is 1. The summed E-state index contributed by atoms with van der Waals surface area (Å²) >= 11 is 0. The summed E-state index contributed by atoms with van der Waals surface area (Å²) in [6, 6.07) is 1.32. The molecule has 0 spiro atoms. The lowest BCUT2D eigenvalue weighted by Crippen LogP contribution is -2.41.